The summed E-state index contributed by atoms with van der Waals surface area (Å²) in [5.41, 5.74) is 3.03. The first-order valence-electron chi connectivity index (χ1n) is 9.51. The molecule has 7 nitrogen and oxygen atoms in total. The van der Waals surface area contributed by atoms with Crippen molar-refractivity contribution in [3.05, 3.63) is 71.7 Å². The van der Waals surface area contributed by atoms with E-state index in [1.165, 1.54) is 0 Å². The molecule has 1 aliphatic heterocycles. The number of carbonyl (C=O) groups excluding carboxylic acids is 1. The number of para-hydroxylation sites is 1. The van der Waals surface area contributed by atoms with Crippen LogP contribution in [0.4, 0.5) is 11.6 Å². The Labute approximate surface area is 173 Å². The van der Waals surface area contributed by atoms with Crippen molar-refractivity contribution in [2.24, 2.45) is 0 Å². The Morgan fingerprint density at radius 2 is 1.97 bits per heavy atom. The van der Waals surface area contributed by atoms with Gasteiger partial charge in [-0.25, -0.2) is 4.68 Å². The third-order valence-corrected chi connectivity index (χ3v) is 5.61. The van der Waals surface area contributed by atoms with Crippen LogP contribution in [0.2, 0.25) is 0 Å². The molecule has 0 radical (unpaired) electrons. The molecule has 3 aromatic rings. The molecule has 1 unspecified atom stereocenters. The van der Waals surface area contributed by atoms with Gasteiger partial charge in [-0.2, -0.15) is 4.98 Å². The molecule has 0 bridgehead atoms. The Morgan fingerprint density at radius 3 is 2.69 bits per heavy atom. The van der Waals surface area contributed by atoms with Gasteiger partial charge >= 0.3 is 0 Å². The molecule has 1 atom stereocenters. The van der Waals surface area contributed by atoms with Gasteiger partial charge in [0.1, 0.15) is 6.04 Å². The third-order valence-electron chi connectivity index (χ3n) is 4.57. The number of allylic oxidation sites excluding steroid dienone is 1. The number of hydrogen-bond acceptors (Lipinski definition) is 6. The quantitative estimate of drug-likeness (QED) is 0.600. The number of rotatable bonds is 6. The van der Waals surface area contributed by atoms with Crippen molar-refractivity contribution in [2.45, 2.75) is 31.5 Å². The summed E-state index contributed by atoms with van der Waals surface area (Å²) in [6.07, 6.45) is 4.49. The fourth-order valence-corrected chi connectivity index (χ4v) is 3.94. The molecule has 2 aromatic heterocycles. The Bertz CT molecular complexity index is 1030. The van der Waals surface area contributed by atoms with Gasteiger partial charge in [0, 0.05) is 29.5 Å². The molecule has 2 N–H and O–H groups in total. The van der Waals surface area contributed by atoms with E-state index >= 15 is 0 Å². The molecule has 0 saturated heterocycles. The minimum atomic E-state index is -0.388. The molecule has 1 aliphatic rings. The number of aromatic nitrogens is 4. The molecule has 1 aromatic carbocycles. The first-order valence-corrected chi connectivity index (χ1v) is 10.5. The summed E-state index contributed by atoms with van der Waals surface area (Å²) in [5, 5.41) is 11.6. The van der Waals surface area contributed by atoms with Gasteiger partial charge in [-0.15, -0.1) is 5.10 Å². The average molecular weight is 407 g/mol. The first kappa shape index (κ1) is 19.2. The SMILES string of the molecule is CCCSc1nc2n(n1)C(c1ccncc1)C(C(=O)Nc1ccccc1)=C(C)N2. The Kier molecular flexibility index (Phi) is 5.62. The highest BCUT2D eigenvalue weighted by molar-refractivity contribution is 7.99. The van der Waals surface area contributed by atoms with Crippen LogP contribution in [-0.4, -0.2) is 31.4 Å². The Hall–Kier alpha value is -3.13. The molecule has 0 aliphatic carbocycles. The zero-order chi connectivity index (χ0) is 20.2. The highest BCUT2D eigenvalue weighted by Crippen LogP contribution is 2.36. The normalized spacial score (nSPS) is 15.6. The zero-order valence-corrected chi connectivity index (χ0v) is 17.1. The number of thioether (sulfide) groups is 1. The topological polar surface area (TPSA) is 84.7 Å². The van der Waals surface area contributed by atoms with Crippen LogP contribution < -0.4 is 10.6 Å². The molecular formula is C21H22N6OS. The van der Waals surface area contributed by atoms with Crippen molar-refractivity contribution >= 4 is 29.3 Å². The number of benzene rings is 1. The van der Waals surface area contributed by atoms with Gasteiger partial charge in [0.05, 0.1) is 5.57 Å². The van der Waals surface area contributed by atoms with Crippen molar-refractivity contribution in [3.8, 4) is 0 Å². The Balaban J connectivity index is 1.74. The zero-order valence-electron chi connectivity index (χ0n) is 16.3. The highest BCUT2D eigenvalue weighted by atomic mass is 32.2. The number of anilines is 2. The molecular weight excluding hydrogens is 384 g/mol. The summed E-state index contributed by atoms with van der Waals surface area (Å²) in [4.78, 5) is 22.0. The van der Waals surface area contributed by atoms with Crippen LogP contribution in [0.15, 0.2) is 71.3 Å². The molecule has 29 heavy (non-hydrogen) atoms. The van der Waals surface area contributed by atoms with Crippen LogP contribution in [-0.2, 0) is 4.79 Å². The highest BCUT2D eigenvalue weighted by Gasteiger charge is 2.34. The molecule has 1 amide bonds. The van der Waals surface area contributed by atoms with E-state index in [0.29, 0.717) is 16.7 Å². The largest absolute Gasteiger partial charge is 0.328 e. The van der Waals surface area contributed by atoms with Crippen molar-refractivity contribution in [2.75, 3.05) is 16.4 Å². The average Bonchev–Trinajstić information content (AvgIpc) is 3.14. The lowest BCUT2D eigenvalue weighted by Gasteiger charge is -2.28. The fraction of sp³-hybridized carbons (Fsp3) is 0.238. The van der Waals surface area contributed by atoms with Gasteiger partial charge in [0.15, 0.2) is 0 Å². The number of fused-ring (bicyclic) bond motifs is 1. The van der Waals surface area contributed by atoms with Crippen LogP contribution in [0.3, 0.4) is 0 Å². The van der Waals surface area contributed by atoms with Gasteiger partial charge in [0.25, 0.3) is 5.91 Å². The van der Waals surface area contributed by atoms with Gasteiger partial charge < -0.3 is 10.6 Å². The predicted molar refractivity (Wildman–Crippen MR) is 115 cm³/mol. The van der Waals surface area contributed by atoms with Gasteiger partial charge in [-0.05, 0) is 43.2 Å². The number of hydrogen-bond donors (Lipinski definition) is 2. The minimum Gasteiger partial charge on any atom is -0.328 e. The molecule has 0 spiro atoms. The van der Waals surface area contributed by atoms with Crippen LogP contribution in [0.1, 0.15) is 31.9 Å². The maximum Gasteiger partial charge on any atom is 0.255 e. The molecule has 4 rings (SSSR count). The predicted octanol–water partition coefficient (Wildman–Crippen LogP) is 4.10. The molecule has 0 fully saturated rings. The Morgan fingerprint density at radius 1 is 1.21 bits per heavy atom. The minimum absolute atomic E-state index is 0.174. The van der Waals surface area contributed by atoms with Gasteiger partial charge in [-0.1, -0.05) is 36.9 Å². The maximum absolute atomic E-state index is 13.3. The van der Waals surface area contributed by atoms with Crippen LogP contribution in [0.25, 0.3) is 0 Å². The van der Waals surface area contributed by atoms with E-state index in [1.807, 2.05) is 49.4 Å². The second-order valence-electron chi connectivity index (χ2n) is 6.68. The van der Waals surface area contributed by atoms with Crippen LogP contribution >= 0.6 is 11.8 Å². The summed E-state index contributed by atoms with van der Waals surface area (Å²) >= 11 is 1.61. The maximum atomic E-state index is 13.3. The molecule has 148 valence electrons. The lowest BCUT2D eigenvalue weighted by Crippen LogP contribution is -2.31. The second-order valence-corrected chi connectivity index (χ2v) is 7.74. The van der Waals surface area contributed by atoms with Crippen molar-refractivity contribution < 1.29 is 4.79 Å². The summed E-state index contributed by atoms with van der Waals surface area (Å²) in [7, 11) is 0. The van der Waals surface area contributed by atoms with E-state index in [-0.39, 0.29) is 11.9 Å². The van der Waals surface area contributed by atoms with E-state index in [9.17, 15) is 4.79 Å². The second kappa shape index (κ2) is 8.48. The van der Waals surface area contributed by atoms with Gasteiger partial charge in [-0.3, -0.25) is 9.78 Å². The number of carbonyl (C=O) groups is 1. The van der Waals surface area contributed by atoms with E-state index in [4.69, 9.17) is 5.10 Å². The number of nitrogens with zero attached hydrogens (tertiary/aromatic N) is 4. The van der Waals surface area contributed by atoms with Crippen molar-refractivity contribution in [1.29, 1.82) is 0 Å². The van der Waals surface area contributed by atoms with Crippen LogP contribution in [0.5, 0.6) is 0 Å². The molecule has 0 saturated carbocycles. The summed E-state index contributed by atoms with van der Waals surface area (Å²) < 4.78 is 1.79. The standard InChI is InChI=1S/C21H22N6OS/c1-3-13-29-21-25-20-23-14(2)17(19(28)24-16-7-5-4-6-8-16)18(27(20)26-21)15-9-11-22-12-10-15/h4-12,18H,3,13H2,1-2H3,(H,24,28)(H,23,25,26). The number of nitrogens with one attached hydrogen (secondary N) is 2. The van der Waals surface area contributed by atoms with E-state index in [0.717, 1.165) is 29.1 Å². The summed E-state index contributed by atoms with van der Waals surface area (Å²) in [6, 6.07) is 12.9. The fourth-order valence-electron chi connectivity index (χ4n) is 3.25. The summed E-state index contributed by atoms with van der Waals surface area (Å²) in [5.74, 6) is 1.41. The number of amides is 1. The van der Waals surface area contributed by atoms with E-state index < -0.39 is 0 Å². The molecule has 8 heteroatoms. The van der Waals surface area contributed by atoms with Gasteiger partial charge in [0.2, 0.25) is 11.1 Å². The smallest absolute Gasteiger partial charge is 0.255 e. The third kappa shape index (κ3) is 4.02. The summed E-state index contributed by atoms with van der Waals surface area (Å²) in [6.45, 7) is 4.02. The first-order chi connectivity index (χ1) is 14.2. The number of pyridine rings is 1. The lowest BCUT2D eigenvalue weighted by molar-refractivity contribution is -0.113. The van der Waals surface area contributed by atoms with Crippen molar-refractivity contribution in [3.63, 3.8) is 0 Å². The van der Waals surface area contributed by atoms with E-state index in [1.54, 1.807) is 28.8 Å². The molecule has 3 heterocycles. The van der Waals surface area contributed by atoms with Crippen LogP contribution in [0, 0.1) is 0 Å². The van der Waals surface area contributed by atoms with E-state index in [2.05, 4.69) is 27.5 Å². The monoisotopic (exact) mass is 406 g/mol. The van der Waals surface area contributed by atoms with Crippen molar-refractivity contribution in [1.82, 2.24) is 19.7 Å². The lowest BCUT2D eigenvalue weighted by atomic mass is 9.96.